The van der Waals surface area contributed by atoms with E-state index in [1.54, 1.807) is 18.2 Å². The number of thioether (sulfide) groups is 1. The normalized spacial score (nSPS) is 23.9. The van der Waals surface area contributed by atoms with Crippen molar-refractivity contribution in [3.05, 3.63) is 29.8 Å². The summed E-state index contributed by atoms with van der Waals surface area (Å²) in [7, 11) is 0. The number of nitrogens with zero attached hydrogens (tertiary/aromatic N) is 1. The first kappa shape index (κ1) is 13.8. The zero-order valence-corrected chi connectivity index (χ0v) is 12.4. The molecule has 1 N–H and O–H groups in total. The number of phenols is 1. The summed E-state index contributed by atoms with van der Waals surface area (Å²) in [5.41, 5.74) is 0.559. The zero-order valence-electron chi connectivity index (χ0n) is 11.5. The number of hydrogen-bond acceptors (Lipinski definition) is 4. The molecule has 1 aromatic rings. The van der Waals surface area contributed by atoms with Gasteiger partial charge in [0.05, 0.1) is 10.9 Å². The van der Waals surface area contributed by atoms with E-state index >= 15 is 0 Å². The average Bonchev–Trinajstić information content (AvgIpc) is 2.81. The van der Waals surface area contributed by atoms with Gasteiger partial charge in [0.25, 0.3) is 5.91 Å². The van der Waals surface area contributed by atoms with Gasteiger partial charge in [0, 0.05) is 31.0 Å². The van der Waals surface area contributed by atoms with Crippen LogP contribution in [-0.4, -0.2) is 52.2 Å². The Morgan fingerprint density at radius 1 is 1.55 bits per heavy atom. The van der Waals surface area contributed by atoms with Crippen molar-refractivity contribution >= 4 is 17.7 Å². The molecular formula is C15H19NO3S. The third-order valence-corrected chi connectivity index (χ3v) is 5.49. The molecule has 0 bridgehead atoms. The number of carbonyl (C=O) groups is 1. The number of carbonyl (C=O) groups excluding carboxylic acids is 1. The minimum absolute atomic E-state index is 0.00647. The molecule has 0 unspecified atom stereocenters. The van der Waals surface area contributed by atoms with E-state index in [2.05, 4.69) is 0 Å². The smallest absolute Gasteiger partial charge is 0.254 e. The molecule has 0 radical (unpaired) electrons. The summed E-state index contributed by atoms with van der Waals surface area (Å²) in [4.78, 5) is 14.2. The molecule has 108 valence electrons. The molecular weight excluding hydrogens is 274 g/mol. The molecule has 20 heavy (non-hydrogen) atoms. The lowest BCUT2D eigenvalue weighted by atomic mass is 9.92. The Bertz CT molecular complexity index is 514. The summed E-state index contributed by atoms with van der Waals surface area (Å²) in [6, 6.07) is 6.55. The van der Waals surface area contributed by atoms with Crippen molar-refractivity contribution in [2.24, 2.45) is 0 Å². The van der Waals surface area contributed by atoms with E-state index in [0.717, 1.165) is 31.9 Å². The van der Waals surface area contributed by atoms with Crippen molar-refractivity contribution in [2.75, 3.05) is 25.4 Å². The summed E-state index contributed by atoms with van der Waals surface area (Å²) in [5, 5.41) is 9.44. The SMILES string of the molecule is CCO[C@H]1CSC2(C1)CN(C(=O)c1cccc(O)c1)C2. The van der Waals surface area contributed by atoms with Gasteiger partial charge in [-0.05, 0) is 31.5 Å². The van der Waals surface area contributed by atoms with E-state index in [-0.39, 0.29) is 16.4 Å². The van der Waals surface area contributed by atoms with Gasteiger partial charge in [0.1, 0.15) is 5.75 Å². The molecule has 1 amide bonds. The molecule has 2 aliphatic heterocycles. The number of benzene rings is 1. The van der Waals surface area contributed by atoms with E-state index in [4.69, 9.17) is 4.74 Å². The zero-order chi connectivity index (χ0) is 14.2. The number of ether oxygens (including phenoxy) is 1. The Hall–Kier alpha value is -1.20. The highest BCUT2D eigenvalue weighted by Crippen LogP contribution is 2.46. The van der Waals surface area contributed by atoms with Crippen LogP contribution >= 0.6 is 11.8 Å². The van der Waals surface area contributed by atoms with E-state index in [1.165, 1.54) is 6.07 Å². The second-order valence-electron chi connectivity index (χ2n) is 5.49. The van der Waals surface area contributed by atoms with Crippen LogP contribution in [0.3, 0.4) is 0 Å². The van der Waals surface area contributed by atoms with Crippen LogP contribution in [0.25, 0.3) is 0 Å². The van der Waals surface area contributed by atoms with Crippen LogP contribution in [0, 0.1) is 0 Å². The molecule has 0 saturated carbocycles. The van der Waals surface area contributed by atoms with Crippen LogP contribution in [0.2, 0.25) is 0 Å². The molecule has 3 rings (SSSR count). The minimum Gasteiger partial charge on any atom is -0.508 e. The van der Waals surface area contributed by atoms with Gasteiger partial charge in [-0.15, -0.1) is 11.8 Å². The number of rotatable bonds is 3. The fourth-order valence-corrected chi connectivity index (χ4v) is 4.53. The van der Waals surface area contributed by atoms with Gasteiger partial charge in [-0.2, -0.15) is 0 Å². The van der Waals surface area contributed by atoms with Crippen LogP contribution in [0.5, 0.6) is 5.75 Å². The molecule has 1 atom stereocenters. The molecule has 1 spiro atoms. The molecule has 2 heterocycles. The highest BCUT2D eigenvalue weighted by molar-refractivity contribution is 8.01. The van der Waals surface area contributed by atoms with Crippen molar-refractivity contribution in [1.29, 1.82) is 0 Å². The van der Waals surface area contributed by atoms with Crippen molar-refractivity contribution in [3.8, 4) is 5.75 Å². The van der Waals surface area contributed by atoms with E-state index in [1.807, 2.05) is 23.6 Å². The maximum atomic E-state index is 12.3. The second kappa shape index (κ2) is 5.30. The predicted octanol–water partition coefficient (Wildman–Crippen LogP) is 2.13. The van der Waals surface area contributed by atoms with Crippen LogP contribution in [0.4, 0.5) is 0 Å². The Balaban J connectivity index is 1.59. The monoisotopic (exact) mass is 293 g/mol. The topological polar surface area (TPSA) is 49.8 Å². The molecule has 2 fully saturated rings. The average molecular weight is 293 g/mol. The lowest BCUT2D eigenvalue weighted by molar-refractivity contribution is 0.0359. The third kappa shape index (κ3) is 2.52. The Morgan fingerprint density at radius 3 is 3.05 bits per heavy atom. The quantitative estimate of drug-likeness (QED) is 0.927. The highest BCUT2D eigenvalue weighted by atomic mass is 32.2. The van der Waals surface area contributed by atoms with E-state index in [0.29, 0.717) is 11.7 Å². The summed E-state index contributed by atoms with van der Waals surface area (Å²) in [5.74, 6) is 1.17. The first-order chi connectivity index (χ1) is 9.62. The van der Waals surface area contributed by atoms with Gasteiger partial charge in [0.15, 0.2) is 0 Å². The van der Waals surface area contributed by atoms with Crippen LogP contribution in [-0.2, 0) is 4.74 Å². The largest absolute Gasteiger partial charge is 0.508 e. The number of amides is 1. The fraction of sp³-hybridized carbons (Fsp3) is 0.533. The summed E-state index contributed by atoms with van der Waals surface area (Å²) >= 11 is 1.93. The van der Waals surface area contributed by atoms with E-state index in [9.17, 15) is 9.90 Å². The number of phenolic OH excluding ortho intramolecular Hbond substituents is 1. The van der Waals surface area contributed by atoms with Crippen LogP contribution in [0.15, 0.2) is 24.3 Å². The van der Waals surface area contributed by atoms with Gasteiger partial charge in [-0.25, -0.2) is 0 Å². The molecule has 5 heteroatoms. The Morgan fingerprint density at radius 2 is 2.35 bits per heavy atom. The van der Waals surface area contributed by atoms with Gasteiger partial charge in [-0.3, -0.25) is 4.79 Å². The molecule has 2 saturated heterocycles. The highest BCUT2D eigenvalue weighted by Gasteiger charge is 2.50. The molecule has 4 nitrogen and oxygen atoms in total. The maximum absolute atomic E-state index is 12.3. The number of hydrogen-bond donors (Lipinski definition) is 1. The minimum atomic E-state index is 0.00647. The van der Waals surface area contributed by atoms with Crippen molar-refractivity contribution in [2.45, 2.75) is 24.2 Å². The van der Waals surface area contributed by atoms with Crippen LogP contribution < -0.4 is 0 Å². The third-order valence-electron chi connectivity index (χ3n) is 3.92. The van der Waals surface area contributed by atoms with E-state index < -0.39 is 0 Å². The lowest BCUT2D eigenvalue weighted by Gasteiger charge is -2.47. The number of aromatic hydroxyl groups is 1. The van der Waals surface area contributed by atoms with Gasteiger partial charge >= 0.3 is 0 Å². The number of likely N-dealkylation sites (tertiary alicyclic amines) is 1. The summed E-state index contributed by atoms with van der Waals surface area (Å²) in [6.45, 7) is 4.35. The predicted molar refractivity (Wildman–Crippen MR) is 79.2 cm³/mol. The van der Waals surface area contributed by atoms with Gasteiger partial charge in [0.2, 0.25) is 0 Å². The Kier molecular flexibility index (Phi) is 3.65. The van der Waals surface area contributed by atoms with Crippen molar-refractivity contribution < 1.29 is 14.6 Å². The van der Waals surface area contributed by atoms with Crippen molar-refractivity contribution in [3.63, 3.8) is 0 Å². The van der Waals surface area contributed by atoms with Crippen molar-refractivity contribution in [1.82, 2.24) is 4.90 Å². The lowest BCUT2D eigenvalue weighted by Crippen LogP contribution is -2.60. The summed E-state index contributed by atoms with van der Waals surface area (Å²) in [6.07, 6.45) is 1.37. The molecule has 1 aromatic carbocycles. The van der Waals surface area contributed by atoms with Gasteiger partial charge in [-0.1, -0.05) is 6.07 Å². The molecule has 0 aliphatic carbocycles. The fourth-order valence-electron chi connectivity index (χ4n) is 2.98. The maximum Gasteiger partial charge on any atom is 0.254 e. The standard InChI is InChI=1S/C15H19NO3S/c1-2-19-13-7-15(20-8-13)9-16(10-15)14(18)11-4-3-5-12(17)6-11/h3-6,13,17H,2,7-10H2,1H3/t13-/m1/s1. The van der Waals surface area contributed by atoms with Gasteiger partial charge < -0.3 is 14.7 Å². The first-order valence-electron chi connectivity index (χ1n) is 6.96. The first-order valence-corrected chi connectivity index (χ1v) is 7.94. The summed E-state index contributed by atoms with van der Waals surface area (Å²) < 4.78 is 5.87. The second-order valence-corrected chi connectivity index (χ2v) is 6.98. The Labute approximate surface area is 123 Å². The van der Waals surface area contributed by atoms with Crippen LogP contribution in [0.1, 0.15) is 23.7 Å². The molecule has 0 aromatic heterocycles. The molecule has 2 aliphatic rings.